The molecule has 190 valence electrons. The number of aromatic amines is 1. The summed E-state index contributed by atoms with van der Waals surface area (Å²) < 4.78 is 5.62. The number of nitrogens with zero attached hydrogens (tertiary/aromatic N) is 1. The molecule has 1 fully saturated rings. The van der Waals surface area contributed by atoms with Gasteiger partial charge in [-0.2, -0.15) is 0 Å². The lowest BCUT2D eigenvalue weighted by Crippen LogP contribution is -2.36. The predicted molar refractivity (Wildman–Crippen MR) is 136 cm³/mol. The van der Waals surface area contributed by atoms with Gasteiger partial charge in [-0.3, -0.25) is 28.9 Å². The van der Waals surface area contributed by atoms with E-state index in [1.165, 1.54) is 0 Å². The summed E-state index contributed by atoms with van der Waals surface area (Å²) in [7, 11) is 0. The topological polar surface area (TPSA) is 146 Å². The fourth-order valence-electron chi connectivity index (χ4n) is 4.54. The van der Waals surface area contributed by atoms with Crippen LogP contribution in [-0.2, 0) is 19.2 Å². The number of imide groups is 1. The lowest BCUT2D eigenvalue weighted by Gasteiger charge is -2.29. The SMILES string of the molecule is Cc1ccccc1NC(=O)COc1ccc([C@H]2c3sc(=O)[nH]c3SC3C(=O)N(CC(=O)O)C(=O)C32)cc1. The summed E-state index contributed by atoms with van der Waals surface area (Å²) in [6.45, 7) is 0.970. The minimum Gasteiger partial charge on any atom is -0.484 e. The molecule has 2 aromatic carbocycles. The van der Waals surface area contributed by atoms with Crippen molar-refractivity contribution >= 4 is 52.5 Å². The van der Waals surface area contributed by atoms with Crippen LogP contribution < -0.4 is 14.9 Å². The molecule has 2 unspecified atom stereocenters. The van der Waals surface area contributed by atoms with E-state index in [0.29, 0.717) is 26.9 Å². The van der Waals surface area contributed by atoms with Crippen LogP contribution in [0.25, 0.3) is 0 Å². The third-order valence-electron chi connectivity index (χ3n) is 6.24. The summed E-state index contributed by atoms with van der Waals surface area (Å²) in [5.74, 6) is -3.78. The maximum absolute atomic E-state index is 13.2. The number of para-hydroxylation sites is 1. The number of hydrogen-bond donors (Lipinski definition) is 3. The van der Waals surface area contributed by atoms with E-state index in [9.17, 15) is 29.1 Å². The van der Waals surface area contributed by atoms with E-state index in [1.54, 1.807) is 30.3 Å². The first kappa shape index (κ1) is 24.8. The maximum Gasteiger partial charge on any atom is 0.323 e. The van der Waals surface area contributed by atoms with Crippen LogP contribution in [0.15, 0.2) is 58.4 Å². The number of carboxylic acid groups (broad SMARTS) is 1. The van der Waals surface area contributed by atoms with Gasteiger partial charge in [0.2, 0.25) is 11.8 Å². The van der Waals surface area contributed by atoms with Crippen LogP contribution >= 0.6 is 23.1 Å². The van der Waals surface area contributed by atoms with Crippen LogP contribution in [0.1, 0.15) is 21.9 Å². The first-order valence-corrected chi connectivity index (χ1v) is 13.0. The smallest absolute Gasteiger partial charge is 0.323 e. The van der Waals surface area contributed by atoms with E-state index in [2.05, 4.69) is 10.3 Å². The molecule has 3 heterocycles. The lowest BCUT2D eigenvalue weighted by atomic mass is 9.83. The molecule has 5 rings (SSSR count). The van der Waals surface area contributed by atoms with Crippen molar-refractivity contribution in [3.63, 3.8) is 0 Å². The number of carbonyl (C=O) groups is 4. The normalized spacial score (nSPS) is 20.4. The van der Waals surface area contributed by atoms with Gasteiger partial charge in [-0.05, 0) is 36.2 Å². The number of thiazole rings is 1. The summed E-state index contributed by atoms with van der Waals surface area (Å²) in [5.41, 5.74) is 2.30. The highest BCUT2D eigenvalue weighted by Crippen LogP contribution is 2.52. The summed E-state index contributed by atoms with van der Waals surface area (Å²) in [6.07, 6.45) is 0. The summed E-state index contributed by atoms with van der Waals surface area (Å²) in [4.78, 5) is 65.6. The number of H-pyrrole nitrogens is 1. The lowest BCUT2D eigenvalue weighted by molar-refractivity contribution is -0.149. The first-order valence-electron chi connectivity index (χ1n) is 11.3. The Morgan fingerprint density at radius 2 is 1.81 bits per heavy atom. The van der Waals surface area contributed by atoms with Crippen molar-refractivity contribution in [1.29, 1.82) is 0 Å². The molecule has 3 amide bonds. The molecule has 10 nitrogen and oxygen atoms in total. The van der Waals surface area contributed by atoms with Crippen LogP contribution in [0.3, 0.4) is 0 Å². The van der Waals surface area contributed by atoms with Crippen molar-refractivity contribution in [2.45, 2.75) is 23.1 Å². The molecule has 3 aromatic rings. The van der Waals surface area contributed by atoms with Gasteiger partial charge in [0.1, 0.15) is 17.5 Å². The van der Waals surface area contributed by atoms with Gasteiger partial charge in [0.25, 0.3) is 5.91 Å². The van der Waals surface area contributed by atoms with E-state index >= 15 is 0 Å². The third-order valence-corrected chi connectivity index (χ3v) is 8.64. The third kappa shape index (κ3) is 4.77. The second-order valence-corrected chi connectivity index (χ2v) is 10.8. The zero-order valence-electron chi connectivity index (χ0n) is 19.4. The molecule has 0 aliphatic carbocycles. The van der Waals surface area contributed by atoms with Crippen LogP contribution in [0.4, 0.5) is 5.69 Å². The van der Waals surface area contributed by atoms with E-state index in [-0.39, 0.29) is 17.4 Å². The number of anilines is 1. The highest BCUT2D eigenvalue weighted by molar-refractivity contribution is 8.00. The molecule has 3 N–H and O–H groups in total. The van der Waals surface area contributed by atoms with Gasteiger partial charge >= 0.3 is 10.8 Å². The van der Waals surface area contributed by atoms with Crippen LogP contribution in [-0.4, -0.2) is 57.1 Å². The molecule has 2 aliphatic rings. The highest BCUT2D eigenvalue weighted by atomic mass is 32.2. The molecule has 0 bridgehead atoms. The van der Waals surface area contributed by atoms with E-state index < -0.39 is 41.4 Å². The second kappa shape index (κ2) is 9.87. The Bertz CT molecular complexity index is 1460. The number of amides is 3. The Morgan fingerprint density at radius 3 is 2.51 bits per heavy atom. The molecule has 1 saturated heterocycles. The van der Waals surface area contributed by atoms with Crippen molar-refractivity contribution in [2.24, 2.45) is 5.92 Å². The van der Waals surface area contributed by atoms with Crippen molar-refractivity contribution in [2.75, 3.05) is 18.5 Å². The molecule has 12 heteroatoms. The molecular weight excluding hydrogens is 518 g/mol. The summed E-state index contributed by atoms with van der Waals surface area (Å²) >= 11 is 2.05. The number of carboxylic acids is 1. The minimum atomic E-state index is -1.28. The molecule has 1 aromatic heterocycles. The maximum atomic E-state index is 13.2. The van der Waals surface area contributed by atoms with Gasteiger partial charge in [-0.15, -0.1) is 0 Å². The highest BCUT2D eigenvalue weighted by Gasteiger charge is 2.56. The molecule has 0 spiro atoms. The van der Waals surface area contributed by atoms with Crippen LogP contribution in [0.5, 0.6) is 5.75 Å². The molecule has 0 radical (unpaired) electrons. The zero-order valence-corrected chi connectivity index (χ0v) is 21.1. The quantitative estimate of drug-likeness (QED) is 0.388. The fourth-order valence-corrected chi connectivity index (χ4v) is 7.08. The average Bonchev–Trinajstić information content (AvgIpc) is 3.35. The van der Waals surface area contributed by atoms with Gasteiger partial charge in [0.15, 0.2) is 6.61 Å². The number of fused-ring (bicyclic) bond motifs is 2. The van der Waals surface area contributed by atoms with Crippen molar-refractivity contribution in [1.82, 2.24) is 9.88 Å². The Balaban J connectivity index is 1.36. The van der Waals surface area contributed by atoms with Gasteiger partial charge in [0.05, 0.1) is 10.9 Å². The summed E-state index contributed by atoms with van der Waals surface area (Å²) in [5, 5.41) is 11.6. The van der Waals surface area contributed by atoms with E-state index in [1.807, 2.05) is 25.1 Å². The number of nitrogens with one attached hydrogen (secondary N) is 2. The largest absolute Gasteiger partial charge is 0.484 e. The number of carbonyl (C=O) groups excluding carboxylic acids is 3. The zero-order chi connectivity index (χ0) is 26.3. The van der Waals surface area contributed by atoms with E-state index in [4.69, 9.17) is 4.74 Å². The Hall–Kier alpha value is -3.90. The van der Waals surface area contributed by atoms with Crippen molar-refractivity contribution in [3.8, 4) is 5.75 Å². The Kier molecular flexibility index (Phi) is 6.61. The van der Waals surface area contributed by atoms with Crippen LogP contribution in [0, 0.1) is 12.8 Å². The number of rotatable bonds is 7. The first-order chi connectivity index (χ1) is 17.7. The van der Waals surface area contributed by atoms with Gasteiger partial charge < -0.3 is 20.1 Å². The predicted octanol–water partition coefficient (Wildman–Crippen LogP) is 2.44. The average molecular weight is 540 g/mol. The number of thioether (sulfide) groups is 1. The number of aryl methyl sites for hydroxylation is 1. The molecule has 0 saturated carbocycles. The number of ether oxygens (including phenoxy) is 1. The Morgan fingerprint density at radius 1 is 1.08 bits per heavy atom. The number of benzene rings is 2. The van der Waals surface area contributed by atoms with Gasteiger partial charge in [0, 0.05) is 16.5 Å². The monoisotopic (exact) mass is 539 g/mol. The number of aliphatic carboxylic acids is 1. The fraction of sp³-hybridized carbons (Fsp3) is 0.240. The molecular formula is C25H21N3O7S2. The molecule has 37 heavy (non-hydrogen) atoms. The number of hydrogen-bond acceptors (Lipinski definition) is 8. The molecule has 2 aliphatic heterocycles. The van der Waals surface area contributed by atoms with Crippen molar-refractivity contribution < 1.29 is 29.0 Å². The summed E-state index contributed by atoms with van der Waals surface area (Å²) in [6, 6.07) is 14.1. The van der Waals surface area contributed by atoms with Crippen molar-refractivity contribution in [3.05, 3.63) is 74.2 Å². The Labute approximate surface area is 218 Å². The number of likely N-dealkylation sites (tertiary alicyclic amines) is 1. The molecule has 3 atom stereocenters. The minimum absolute atomic E-state index is 0.209. The second-order valence-electron chi connectivity index (χ2n) is 8.63. The standard InChI is InChI=1S/C25H21N3O7S2/c1-12-4-2-3-5-15(12)26-16(29)11-35-14-8-6-13(7-9-14)18-19-21(36-22-20(18)37-25(34)27-22)24(33)28(23(19)32)10-17(30)31/h2-9,18-19,21H,10-11H2,1H3,(H,26,29)(H,27,34)(H,30,31)/t18-,19?,21?/m1/s1. The van der Waals surface area contributed by atoms with Gasteiger partial charge in [-0.1, -0.05) is 53.4 Å². The van der Waals surface area contributed by atoms with Crippen LogP contribution in [0.2, 0.25) is 0 Å². The van der Waals surface area contributed by atoms with E-state index in [0.717, 1.165) is 33.6 Å². The van der Waals surface area contributed by atoms with Gasteiger partial charge in [-0.25, -0.2) is 0 Å². The number of aromatic nitrogens is 1.